The Bertz CT molecular complexity index is 490. The first-order valence-corrected chi connectivity index (χ1v) is 5.53. The van der Waals surface area contributed by atoms with Crippen molar-refractivity contribution in [2.75, 3.05) is 5.32 Å². The number of nitrogens with one attached hydrogen (secondary N) is 1. The van der Waals surface area contributed by atoms with E-state index in [1.165, 1.54) is 0 Å². The number of amides is 1. The second-order valence-electron chi connectivity index (χ2n) is 3.77. The predicted molar refractivity (Wildman–Crippen MR) is 63.3 cm³/mol. The van der Waals surface area contributed by atoms with Gasteiger partial charge in [-0.15, -0.1) is 0 Å². The number of hydrogen-bond acceptors (Lipinski definition) is 2. The summed E-state index contributed by atoms with van der Waals surface area (Å²) in [6, 6.07) is 5.67. The summed E-state index contributed by atoms with van der Waals surface area (Å²) in [5, 5.41) is 6.97. The minimum atomic E-state index is 0.0747. The van der Waals surface area contributed by atoms with Crippen LogP contribution in [-0.2, 0) is 4.79 Å². The molecule has 84 valence electrons. The lowest BCUT2D eigenvalue weighted by atomic mass is 10.2. The molecule has 0 aliphatic rings. The third-order valence-electron chi connectivity index (χ3n) is 2.44. The first kappa shape index (κ1) is 10.7. The van der Waals surface area contributed by atoms with Crippen LogP contribution in [0.4, 0.5) is 5.69 Å². The highest BCUT2D eigenvalue weighted by atomic mass is 16.1. The summed E-state index contributed by atoms with van der Waals surface area (Å²) >= 11 is 0. The van der Waals surface area contributed by atoms with Gasteiger partial charge in [-0.3, -0.25) is 4.79 Å². The molecule has 0 fully saturated rings. The summed E-state index contributed by atoms with van der Waals surface area (Å²) in [5.41, 5.74) is 1.81. The second-order valence-corrected chi connectivity index (χ2v) is 3.77. The van der Waals surface area contributed by atoms with E-state index in [9.17, 15) is 4.79 Å². The molecule has 1 N–H and O–H groups in total. The average molecular weight is 217 g/mol. The Morgan fingerprint density at radius 1 is 1.50 bits per heavy atom. The molecule has 0 aromatic carbocycles. The minimum Gasteiger partial charge on any atom is -0.326 e. The Hall–Kier alpha value is -1.84. The van der Waals surface area contributed by atoms with Gasteiger partial charge in [-0.05, 0) is 24.6 Å². The van der Waals surface area contributed by atoms with Gasteiger partial charge in [0.1, 0.15) is 0 Å². The Morgan fingerprint density at radius 3 is 3.19 bits per heavy atom. The van der Waals surface area contributed by atoms with E-state index in [2.05, 4.69) is 17.3 Å². The Labute approximate surface area is 94.3 Å². The lowest BCUT2D eigenvalue weighted by molar-refractivity contribution is -0.116. The molecule has 0 unspecified atom stereocenters. The largest absolute Gasteiger partial charge is 0.326 e. The molecule has 0 aliphatic heterocycles. The number of fused-ring (bicyclic) bond motifs is 1. The highest BCUT2D eigenvalue weighted by molar-refractivity contribution is 5.91. The van der Waals surface area contributed by atoms with Gasteiger partial charge in [-0.1, -0.05) is 13.3 Å². The molecule has 0 spiro atoms. The third kappa shape index (κ3) is 2.39. The van der Waals surface area contributed by atoms with Crippen LogP contribution in [0.2, 0.25) is 0 Å². The predicted octanol–water partition coefficient (Wildman–Crippen LogP) is 2.46. The van der Waals surface area contributed by atoms with Gasteiger partial charge in [0.15, 0.2) is 0 Å². The maximum atomic E-state index is 11.5. The number of pyridine rings is 1. The number of carbonyl (C=O) groups excluding carboxylic acids is 1. The van der Waals surface area contributed by atoms with Gasteiger partial charge in [0.25, 0.3) is 0 Å². The van der Waals surface area contributed by atoms with Crippen molar-refractivity contribution in [3.8, 4) is 0 Å². The van der Waals surface area contributed by atoms with Crippen molar-refractivity contribution in [2.24, 2.45) is 0 Å². The van der Waals surface area contributed by atoms with Gasteiger partial charge in [-0.25, -0.2) is 4.52 Å². The molecule has 0 radical (unpaired) electrons. The van der Waals surface area contributed by atoms with E-state index >= 15 is 0 Å². The van der Waals surface area contributed by atoms with Crippen molar-refractivity contribution in [1.82, 2.24) is 9.61 Å². The quantitative estimate of drug-likeness (QED) is 0.855. The van der Waals surface area contributed by atoms with E-state index in [0.29, 0.717) is 6.42 Å². The van der Waals surface area contributed by atoms with Gasteiger partial charge in [0.05, 0.1) is 5.52 Å². The Kier molecular flexibility index (Phi) is 3.19. The van der Waals surface area contributed by atoms with E-state index in [4.69, 9.17) is 0 Å². The van der Waals surface area contributed by atoms with Crippen LogP contribution in [0.5, 0.6) is 0 Å². The van der Waals surface area contributed by atoms with Gasteiger partial charge < -0.3 is 5.32 Å². The zero-order valence-corrected chi connectivity index (χ0v) is 9.31. The van der Waals surface area contributed by atoms with Crippen molar-refractivity contribution < 1.29 is 4.79 Å². The highest BCUT2D eigenvalue weighted by Gasteiger charge is 2.02. The molecule has 0 atom stereocenters. The van der Waals surface area contributed by atoms with Crippen LogP contribution in [0.15, 0.2) is 30.6 Å². The summed E-state index contributed by atoms with van der Waals surface area (Å²) in [4.78, 5) is 11.5. The van der Waals surface area contributed by atoms with Gasteiger partial charge in [-0.2, -0.15) is 5.10 Å². The summed E-state index contributed by atoms with van der Waals surface area (Å²) < 4.78 is 1.77. The maximum Gasteiger partial charge on any atom is 0.224 e. The van der Waals surface area contributed by atoms with Crippen LogP contribution < -0.4 is 5.32 Å². The van der Waals surface area contributed by atoms with Crippen LogP contribution in [0, 0.1) is 0 Å². The molecule has 0 saturated heterocycles. The number of unbranched alkanes of at least 4 members (excludes halogenated alkanes) is 1. The lowest BCUT2D eigenvalue weighted by Crippen LogP contribution is -2.11. The molecule has 0 bridgehead atoms. The van der Waals surface area contributed by atoms with Crippen LogP contribution in [0.3, 0.4) is 0 Å². The summed E-state index contributed by atoms with van der Waals surface area (Å²) in [6.07, 6.45) is 6.12. The third-order valence-corrected chi connectivity index (χ3v) is 2.44. The van der Waals surface area contributed by atoms with Crippen LogP contribution >= 0.6 is 0 Å². The number of rotatable bonds is 4. The standard InChI is InChI=1S/C12H15N3O/c1-2-3-4-12(16)14-10-6-8-15-11(9-10)5-7-13-15/h5-9H,2-4H2,1H3,(H,14,16). The average Bonchev–Trinajstić information content (AvgIpc) is 2.73. The zero-order chi connectivity index (χ0) is 11.4. The molecule has 16 heavy (non-hydrogen) atoms. The number of hydrogen-bond donors (Lipinski definition) is 1. The van der Waals surface area contributed by atoms with E-state index < -0.39 is 0 Å². The number of anilines is 1. The fraction of sp³-hybridized carbons (Fsp3) is 0.333. The molecular weight excluding hydrogens is 202 g/mol. The van der Waals surface area contributed by atoms with Gasteiger partial charge in [0, 0.05) is 24.5 Å². The van der Waals surface area contributed by atoms with E-state index in [1.54, 1.807) is 10.7 Å². The molecule has 2 rings (SSSR count). The van der Waals surface area contributed by atoms with Crippen molar-refractivity contribution >= 4 is 17.1 Å². The SMILES string of the molecule is CCCCC(=O)Nc1ccn2nccc2c1. The molecule has 4 heteroatoms. The smallest absolute Gasteiger partial charge is 0.224 e. The lowest BCUT2D eigenvalue weighted by Gasteiger charge is -2.04. The topological polar surface area (TPSA) is 46.4 Å². The van der Waals surface area contributed by atoms with Crippen molar-refractivity contribution in [3.05, 3.63) is 30.6 Å². The fourth-order valence-electron chi connectivity index (χ4n) is 1.56. The van der Waals surface area contributed by atoms with E-state index in [-0.39, 0.29) is 5.91 Å². The summed E-state index contributed by atoms with van der Waals surface area (Å²) in [7, 11) is 0. The molecule has 1 amide bonds. The van der Waals surface area contributed by atoms with Crippen LogP contribution in [0.1, 0.15) is 26.2 Å². The molecule has 4 nitrogen and oxygen atoms in total. The Balaban J connectivity index is 2.06. The fourth-order valence-corrected chi connectivity index (χ4v) is 1.56. The minimum absolute atomic E-state index is 0.0747. The normalized spacial score (nSPS) is 10.6. The Morgan fingerprint density at radius 2 is 2.38 bits per heavy atom. The van der Waals surface area contributed by atoms with Crippen molar-refractivity contribution in [1.29, 1.82) is 0 Å². The van der Waals surface area contributed by atoms with Crippen LogP contribution in [0.25, 0.3) is 5.52 Å². The zero-order valence-electron chi connectivity index (χ0n) is 9.31. The van der Waals surface area contributed by atoms with E-state index in [1.807, 2.05) is 24.4 Å². The second kappa shape index (κ2) is 4.79. The maximum absolute atomic E-state index is 11.5. The summed E-state index contributed by atoms with van der Waals surface area (Å²) in [5.74, 6) is 0.0747. The molecule has 2 aromatic rings. The van der Waals surface area contributed by atoms with Gasteiger partial charge >= 0.3 is 0 Å². The first-order valence-electron chi connectivity index (χ1n) is 5.53. The van der Waals surface area contributed by atoms with Crippen molar-refractivity contribution in [3.63, 3.8) is 0 Å². The van der Waals surface area contributed by atoms with Crippen molar-refractivity contribution in [2.45, 2.75) is 26.2 Å². The summed E-state index contributed by atoms with van der Waals surface area (Å²) in [6.45, 7) is 2.08. The van der Waals surface area contributed by atoms with Gasteiger partial charge in [0.2, 0.25) is 5.91 Å². The number of carbonyl (C=O) groups is 1. The van der Waals surface area contributed by atoms with E-state index in [0.717, 1.165) is 24.0 Å². The molecule has 0 saturated carbocycles. The number of nitrogens with zero attached hydrogens (tertiary/aromatic N) is 2. The molecule has 0 aliphatic carbocycles. The first-order chi connectivity index (χ1) is 7.79. The molecule has 2 aromatic heterocycles. The van der Waals surface area contributed by atoms with Crippen LogP contribution in [-0.4, -0.2) is 15.5 Å². The number of aromatic nitrogens is 2. The monoisotopic (exact) mass is 217 g/mol. The molecule has 2 heterocycles. The molecular formula is C12H15N3O. The highest BCUT2D eigenvalue weighted by Crippen LogP contribution is 2.11.